The van der Waals surface area contributed by atoms with Gasteiger partial charge in [0.1, 0.15) is 0 Å². The van der Waals surface area contributed by atoms with Gasteiger partial charge < -0.3 is 9.88 Å². The number of nitrogens with zero attached hydrogens (tertiary/aromatic N) is 12. The zero-order valence-electron chi connectivity index (χ0n) is 98.0. The molecule has 782 valence electrons. The van der Waals surface area contributed by atoms with Crippen molar-refractivity contribution < 1.29 is 13.2 Å². The summed E-state index contributed by atoms with van der Waals surface area (Å²) in [4.78, 5) is 16.0. The molecule has 17 heteroatoms. The lowest BCUT2D eigenvalue weighted by Crippen LogP contribution is -2.37. The molecule has 0 aromatic carbocycles. The van der Waals surface area contributed by atoms with Gasteiger partial charge in [-0.3, -0.25) is 23.5 Å². The lowest BCUT2D eigenvalue weighted by molar-refractivity contribution is -0.122. The summed E-state index contributed by atoms with van der Waals surface area (Å²) in [5.41, 5.74) is 12.0. The Hall–Kier alpha value is -4.67. The first kappa shape index (κ1) is 132. The maximum atomic E-state index is 11.8. The molecule has 5 heterocycles. The molecular formula is C116H229N13O3S. The third-order valence-corrected chi connectivity index (χ3v) is 24.3. The number of imidazole rings is 1. The van der Waals surface area contributed by atoms with Gasteiger partial charge in [0.15, 0.2) is 9.84 Å². The molecule has 16 nitrogen and oxygen atoms in total. The van der Waals surface area contributed by atoms with E-state index in [9.17, 15) is 13.2 Å². The number of hydrogen-bond acceptors (Lipinski definition) is 10. The number of carbonyl (C=O) groups is 1. The summed E-state index contributed by atoms with van der Waals surface area (Å²) < 4.78 is 33.2. The van der Waals surface area contributed by atoms with E-state index in [1.807, 2.05) is 48.9 Å². The van der Waals surface area contributed by atoms with Gasteiger partial charge in [-0.25, -0.2) is 13.4 Å². The van der Waals surface area contributed by atoms with Crippen molar-refractivity contribution in [2.45, 2.75) is 569 Å². The van der Waals surface area contributed by atoms with E-state index in [2.05, 4.69) is 377 Å². The van der Waals surface area contributed by atoms with Crippen molar-refractivity contribution in [1.29, 1.82) is 0 Å². The first-order valence-corrected chi connectivity index (χ1v) is 54.5. The smallest absolute Gasteiger partial charge is 0.220 e. The van der Waals surface area contributed by atoms with Crippen LogP contribution < -0.4 is 5.32 Å². The van der Waals surface area contributed by atoms with Crippen molar-refractivity contribution in [2.24, 2.45) is 81.2 Å². The predicted octanol–water partition coefficient (Wildman–Crippen LogP) is 34.0. The number of nitrogens with one attached hydrogen (secondary N) is 1. The number of rotatable bonds is 37. The molecular weight excluding hydrogens is 1660 g/mol. The summed E-state index contributed by atoms with van der Waals surface area (Å²) in [6.07, 6.45) is 55.5. The SMILES string of the molecule is CC(C)(C)CC(=O)NCCS(=O)(=O)C(C)(C)C.CC(C)(C)CCCC(C)(C)C.CC(C)(C)CCCCCCC(C)(C)C.CC(C)(C)CCCCCCn1cnc(CC(C)(C)C)c1.CC(C)(C)CCCCCn1cc(CC(C)(C)C)nn1.CC(C)(C)CCCCn1cc(CC(C)(C)C)cn1.CC(C)(C)CCCn1cc(CC(C)(C)C)cn1.CC(C)(C)CCCn1cc(CC(C)(C)C)nn1. The van der Waals surface area contributed by atoms with Gasteiger partial charge in [0.2, 0.25) is 5.91 Å². The number of aromatic nitrogens is 12. The third-order valence-electron chi connectivity index (χ3n) is 21.7. The van der Waals surface area contributed by atoms with Crippen molar-refractivity contribution >= 4 is 15.7 Å². The van der Waals surface area contributed by atoms with Gasteiger partial charge >= 0.3 is 0 Å². The second kappa shape index (κ2) is 59.8. The molecule has 133 heavy (non-hydrogen) atoms. The fourth-order valence-electron chi connectivity index (χ4n) is 14.6. The van der Waals surface area contributed by atoms with Gasteiger partial charge in [-0.05, 0) is 235 Å². The number of unbranched alkanes of at least 4 members (excludes halogenated alkanes) is 9. The van der Waals surface area contributed by atoms with Crippen LogP contribution >= 0.6 is 0 Å². The van der Waals surface area contributed by atoms with Gasteiger partial charge in [0.25, 0.3) is 0 Å². The van der Waals surface area contributed by atoms with Crippen LogP contribution in [0, 0.1) is 81.2 Å². The number of sulfone groups is 1. The topological polar surface area (TPSA) is 178 Å². The second-order valence-corrected chi connectivity index (χ2v) is 61.8. The lowest BCUT2D eigenvalue weighted by Gasteiger charge is -2.22. The molecule has 0 spiro atoms. The summed E-state index contributed by atoms with van der Waals surface area (Å²) in [7, 11) is -3.15. The van der Waals surface area contributed by atoms with E-state index in [1.165, 1.54) is 177 Å². The van der Waals surface area contributed by atoms with Crippen LogP contribution in [-0.2, 0) is 79.5 Å². The summed E-state index contributed by atoms with van der Waals surface area (Å²) in [6.45, 7) is 113. The Balaban J connectivity index is -0.00000146. The Bertz CT molecular complexity index is 3750. The molecule has 0 radical (unpaired) electrons. The lowest BCUT2D eigenvalue weighted by atomic mass is 9.84. The van der Waals surface area contributed by atoms with E-state index in [1.54, 1.807) is 20.8 Å². The van der Waals surface area contributed by atoms with Crippen molar-refractivity contribution in [3.05, 3.63) is 77.9 Å². The summed E-state index contributed by atoms with van der Waals surface area (Å²) in [5, 5.41) is 28.4. The Kier molecular flexibility index (Phi) is 59.6. The fraction of sp³-hybridized carbons (Fsp3) is 0.879. The number of carbonyl (C=O) groups excluding carboxylic acids is 1. The van der Waals surface area contributed by atoms with Crippen LogP contribution in [-0.4, -0.2) is 90.5 Å². The highest BCUT2D eigenvalue weighted by Gasteiger charge is 2.29. The van der Waals surface area contributed by atoms with Crippen LogP contribution in [0.15, 0.2) is 49.7 Å². The molecule has 5 aromatic rings. The molecule has 0 aliphatic carbocycles. The highest BCUT2D eigenvalue weighted by atomic mass is 32.2. The van der Waals surface area contributed by atoms with Crippen LogP contribution in [0.1, 0.15) is 527 Å². The van der Waals surface area contributed by atoms with Crippen LogP contribution in [0.5, 0.6) is 0 Å². The van der Waals surface area contributed by atoms with E-state index in [0.29, 0.717) is 71.4 Å². The van der Waals surface area contributed by atoms with E-state index in [0.717, 1.165) is 76.2 Å². The van der Waals surface area contributed by atoms with E-state index < -0.39 is 14.6 Å². The first-order valence-electron chi connectivity index (χ1n) is 52.9. The molecule has 0 saturated carbocycles. The Labute approximate surface area is 828 Å². The van der Waals surface area contributed by atoms with Crippen molar-refractivity contribution in [2.75, 3.05) is 12.3 Å². The minimum atomic E-state index is -3.15. The second-order valence-electron chi connectivity index (χ2n) is 58.9. The van der Waals surface area contributed by atoms with Crippen LogP contribution in [0.4, 0.5) is 0 Å². The number of aryl methyl sites for hydroxylation is 5. The standard InChI is InChI=1S/C18H34N2.C16H31N3.C16H30N2.C15H28N2.C14H27N3.C14H30.C12H25NO3S.C11H24/c1-17(2,3)11-9-7-8-10-12-20-14-16(19-15-20)13-18(4,5)6;1-15(2,3)10-8-7-9-11-19-13-14(17-18-19)12-16(4,5)6;1-15(2,3)9-7-8-10-18-13-14(12-17-18)11-16(4,5)6;1-14(2,3)8-7-9-17-12-13(11-16-17)10-15(4,5)6;1-13(2,3)8-7-9-17-11-12(15-16-17)10-14(4,5)6;1-13(2,3)11-9-7-8-10-12-14(4,5)6;1-11(2,3)9-10(14)13-7-8-17(15,16)12(4,5)6;1-10(2,3)8-7-9-11(4,5)6/h14-15H,7-13H2,1-6H3;13H,7-12H2,1-6H3;12-13H,7-11H2,1-6H3;11-12H,7-10H2,1-6H3;11H,7-10H2,1-6H3;7-12H2,1-6H3;7-9H2,1-6H3,(H,13,14);7-9H2,1-6H3. The van der Waals surface area contributed by atoms with Gasteiger partial charge in [0, 0.05) is 76.7 Å². The molecule has 0 fully saturated rings. The summed E-state index contributed by atoms with van der Waals surface area (Å²) in [6, 6.07) is 0. The average Bonchev–Trinajstić information content (AvgIpc) is 1.79. The van der Waals surface area contributed by atoms with Crippen LogP contribution in [0.25, 0.3) is 0 Å². The maximum Gasteiger partial charge on any atom is 0.220 e. The Morgan fingerprint density at radius 1 is 0.278 bits per heavy atom. The number of amides is 1. The summed E-state index contributed by atoms with van der Waals surface area (Å²) >= 11 is 0. The van der Waals surface area contributed by atoms with Crippen molar-refractivity contribution in [3.8, 4) is 0 Å². The largest absolute Gasteiger partial charge is 0.355 e. The van der Waals surface area contributed by atoms with E-state index in [4.69, 9.17) is 0 Å². The number of hydrogen-bond donors (Lipinski definition) is 1. The Morgan fingerprint density at radius 2 is 0.541 bits per heavy atom. The van der Waals surface area contributed by atoms with Gasteiger partial charge in [-0.1, -0.05) is 393 Å². The van der Waals surface area contributed by atoms with Crippen molar-refractivity contribution in [3.63, 3.8) is 0 Å². The van der Waals surface area contributed by atoms with Gasteiger partial charge in [-0.15, -0.1) is 10.2 Å². The van der Waals surface area contributed by atoms with Crippen molar-refractivity contribution in [1.82, 2.24) is 64.4 Å². The molecule has 1 N–H and O–H groups in total. The van der Waals surface area contributed by atoms with Gasteiger partial charge in [-0.2, -0.15) is 10.2 Å². The zero-order chi connectivity index (χ0) is 104. The maximum absolute atomic E-state index is 11.8. The van der Waals surface area contributed by atoms with Crippen LogP contribution in [0.3, 0.4) is 0 Å². The fourth-order valence-corrected chi connectivity index (χ4v) is 15.6. The highest BCUT2D eigenvalue weighted by molar-refractivity contribution is 7.92. The molecule has 1 amide bonds. The summed E-state index contributed by atoms with van der Waals surface area (Å²) in [5.74, 6) is -0.103. The van der Waals surface area contributed by atoms with Gasteiger partial charge in [0.05, 0.1) is 46.3 Å². The molecule has 0 saturated heterocycles. The third kappa shape index (κ3) is 93.4. The van der Waals surface area contributed by atoms with E-state index >= 15 is 0 Å². The first-order chi connectivity index (χ1) is 59.5. The predicted molar refractivity (Wildman–Crippen MR) is 584 cm³/mol. The highest BCUT2D eigenvalue weighted by Crippen LogP contribution is 2.33. The molecule has 5 rings (SSSR count). The zero-order valence-corrected chi connectivity index (χ0v) is 98.8. The van der Waals surface area contributed by atoms with Crippen LogP contribution in [0.2, 0.25) is 0 Å². The van der Waals surface area contributed by atoms with E-state index in [-0.39, 0.29) is 34.4 Å². The molecule has 0 bridgehead atoms. The molecule has 0 aliphatic heterocycles. The molecule has 0 aliphatic rings. The molecule has 5 aromatic heterocycles. The Morgan fingerprint density at radius 3 is 0.857 bits per heavy atom. The monoisotopic (exact) mass is 1880 g/mol. The minimum Gasteiger partial charge on any atom is -0.355 e. The quantitative estimate of drug-likeness (QED) is 0.0376. The normalized spacial score (nSPS) is 13.1. The average molecular weight is 1890 g/mol. The molecule has 0 unspecified atom stereocenters. The minimum absolute atomic E-state index is 0.00756. The molecule has 0 atom stereocenters.